The van der Waals surface area contributed by atoms with Gasteiger partial charge in [-0.2, -0.15) is 0 Å². The molecule has 110 valence electrons. The predicted octanol–water partition coefficient (Wildman–Crippen LogP) is 1.84. The van der Waals surface area contributed by atoms with Crippen molar-refractivity contribution in [2.75, 3.05) is 13.2 Å². The molecule has 4 nitrogen and oxygen atoms in total. The first-order chi connectivity index (χ1) is 8.96. The van der Waals surface area contributed by atoms with Gasteiger partial charge in [0.1, 0.15) is 0 Å². The van der Waals surface area contributed by atoms with Gasteiger partial charge in [0.25, 0.3) is 0 Å². The zero-order valence-corrected chi connectivity index (χ0v) is 12.7. The van der Waals surface area contributed by atoms with E-state index in [0.717, 1.165) is 38.8 Å². The van der Waals surface area contributed by atoms with Gasteiger partial charge in [-0.25, -0.2) is 0 Å². The summed E-state index contributed by atoms with van der Waals surface area (Å²) in [5, 5.41) is 6.64. The molecule has 2 aliphatic rings. The van der Waals surface area contributed by atoms with Crippen LogP contribution in [0.4, 0.5) is 0 Å². The maximum absolute atomic E-state index is 12.5. The van der Waals surface area contributed by atoms with E-state index in [1.54, 1.807) is 0 Å². The molecule has 0 radical (unpaired) electrons. The van der Waals surface area contributed by atoms with Crippen LogP contribution in [0.5, 0.6) is 0 Å². The van der Waals surface area contributed by atoms with Crippen LogP contribution in [0.1, 0.15) is 53.4 Å². The summed E-state index contributed by atoms with van der Waals surface area (Å²) in [5.74, 6) is 0.181. The van der Waals surface area contributed by atoms with Crippen LogP contribution in [-0.2, 0) is 9.53 Å². The van der Waals surface area contributed by atoms with E-state index in [9.17, 15) is 4.79 Å². The molecule has 4 heteroatoms. The van der Waals surface area contributed by atoms with Crippen molar-refractivity contribution in [3.8, 4) is 0 Å². The predicted molar refractivity (Wildman–Crippen MR) is 76.0 cm³/mol. The monoisotopic (exact) mass is 268 g/mol. The van der Waals surface area contributed by atoms with Gasteiger partial charge in [-0.1, -0.05) is 20.8 Å². The zero-order valence-electron chi connectivity index (χ0n) is 12.7. The minimum atomic E-state index is -0.327. The zero-order chi connectivity index (χ0) is 14.1. The number of rotatable bonds is 5. The first kappa shape index (κ1) is 14.8. The van der Waals surface area contributed by atoms with Crippen LogP contribution in [-0.4, -0.2) is 36.7 Å². The normalized spacial score (nSPS) is 36.8. The van der Waals surface area contributed by atoms with Crippen molar-refractivity contribution in [2.24, 2.45) is 5.41 Å². The Morgan fingerprint density at radius 1 is 1.42 bits per heavy atom. The van der Waals surface area contributed by atoms with Gasteiger partial charge in [0, 0.05) is 18.1 Å². The molecule has 0 bridgehead atoms. The summed E-state index contributed by atoms with van der Waals surface area (Å²) >= 11 is 0. The number of carbonyl (C=O) groups excluding carboxylic acids is 1. The lowest BCUT2D eigenvalue weighted by molar-refractivity contribution is -0.141. The minimum absolute atomic E-state index is 0.0409. The molecule has 1 saturated carbocycles. The number of carbonyl (C=O) groups is 1. The molecule has 0 spiro atoms. The summed E-state index contributed by atoms with van der Waals surface area (Å²) in [5.41, 5.74) is -0.286. The maximum Gasteiger partial charge on any atom is 0.240 e. The first-order valence-corrected chi connectivity index (χ1v) is 7.64. The van der Waals surface area contributed by atoms with Crippen LogP contribution in [0.2, 0.25) is 0 Å². The number of amides is 1. The van der Waals surface area contributed by atoms with Gasteiger partial charge in [-0.3, -0.25) is 4.79 Å². The number of nitrogens with one attached hydrogen (secondary N) is 2. The van der Waals surface area contributed by atoms with Crippen molar-refractivity contribution in [1.29, 1.82) is 0 Å². The lowest BCUT2D eigenvalue weighted by Crippen LogP contribution is -2.66. The van der Waals surface area contributed by atoms with E-state index in [4.69, 9.17) is 4.74 Å². The van der Waals surface area contributed by atoms with Crippen LogP contribution in [0.3, 0.4) is 0 Å². The van der Waals surface area contributed by atoms with Crippen LogP contribution in [0, 0.1) is 5.41 Å². The Kier molecular flexibility index (Phi) is 4.21. The van der Waals surface area contributed by atoms with E-state index in [0.29, 0.717) is 0 Å². The molecule has 0 aromatic carbocycles. The third kappa shape index (κ3) is 2.52. The molecule has 2 N–H and O–H groups in total. The molecule has 1 aliphatic carbocycles. The fourth-order valence-electron chi connectivity index (χ4n) is 3.37. The summed E-state index contributed by atoms with van der Waals surface area (Å²) in [6.45, 7) is 10.2. The molecular weight excluding hydrogens is 240 g/mol. The van der Waals surface area contributed by atoms with E-state index >= 15 is 0 Å². The molecule has 1 amide bonds. The van der Waals surface area contributed by atoms with Crippen LogP contribution >= 0.6 is 0 Å². The highest BCUT2D eigenvalue weighted by atomic mass is 16.5. The van der Waals surface area contributed by atoms with Crippen molar-refractivity contribution >= 4 is 5.91 Å². The Hall–Kier alpha value is -0.610. The number of ether oxygens (including phenoxy) is 1. The fraction of sp³-hybridized carbons (Fsp3) is 0.933. The van der Waals surface area contributed by atoms with Gasteiger partial charge < -0.3 is 15.4 Å². The minimum Gasteiger partial charge on any atom is -0.378 e. The Balaban J connectivity index is 1.93. The highest BCUT2D eigenvalue weighted by Crippen LogP contribution is 2.43. The standard InChI is InChI=1S/C15H28N2O2/c1-5-15(8-7-9-16-15)13(18)17-11-10-12(19-6-2)14(11,3)4/h11-12,16H,5-10H2,1-4H3,(H,17,18). The van der Waals surface area contributed by atoms with E-state index < -0.39 is 0 Å². The molecule has 3 unspecified atom stereocenters. The van der Waals surface area contributed by atoms with E-state index in [-0.39, 0.29) is 29.0 Å². The van der Waals surface area contributed by atoms with Gasteiger partial charge in [-0.15, -0.1) is 0 Å². The van der Waals surface area contributed by atoms with Gasteiger partial charge in [0.05, 0.1) is 11.6 Å². The third-order valence-electron chi connectivity index (χ3n) is 5.13. The van der Waals surface area contributed by atoms with Crippen LogP contribution in [0.25, 0.3) is 0 Å². The third-order valence-corrected chi connectivity index (χ3v) is 5.13. The molecule has 1 saturated heterocycles. The topological polar surface area (TPSA) is 50.4 Å². The van der Waals surface area contributed by atoms with E-state index in [1.165, 1.54) is 0 Å². The summed E-state index contributed by atoms with van der Waals surface area (Å²) in [4.78, 5) is 12.5. The SMILES string of the molecule is CCOC1CC(NC(=O)C2(CC)CCCN2)C1(C)C. The van der Waals surface area contributed by atoms with E-state index in [1.807, 2.05) is 6.92 Å². The highest BCUT2D eigenvalue weighted by Gasteiger charge is 2.51. The summed E-state index contributed by atoms with van der Waals surface area (Å²) in [7, 11) is 0. The van der Waals surface area contributed by atoms with Crippen LogP contribution < -0.4 is 10.6 Å². The average Bonchev–Trinajstić information content (AvgIpc) is 2.87. The van der Waals surface area contributed by atoms with Crippen molar-refractivity contribution in [1.82, 2.24) is 10.6 Å². The van der Waals surface area contributed by atoms with Crippen LogP contribution in [0.15, 0.2) is 0 Å². The second-order valence-electron chi connectivity index (χ2n) is 6.49. The largest absolute Gasteiger partial charge is 0.378 e. The molecule has 1 aliphatic heterocycles. The number of hydrogen-bond donors (Lipinski definition) is 2. The second-order valence-corrected chi connectivity index (χ2v) is 6.49. The van der Waals surface area contributed by atoms with E-state index in [2.05, 4.69) is 31.4 Å². The summed E-state index contributed by atoms with van der Waals surface area (Å²) in [6.07, 6.45) is 4.12. The molecule has 3 atom stereocenters. The molecule has 2 rings (SSSR count). The lowest BCUT2D eigenvalue weighted by atomic mass is 9.64. The molecule has 0 aromatic heterocycles. The fourth-order valence-corrected chi connectivity index (χ4v) is 3.37. The number of hydrogen-bond acceptors (Lipinski definition) is 3. The molecular formula is C15H28N2O2. The van der Waals surface area contributed by atoms with Crippen molar-refractivity contribution in [3.05, 3.63) is 0 Å². The van der Waals surface area contributed by atoms with Gasteiger partial charge in [0.2, 0.25) is 5.91 Å². The Morgan fingerprint density at radius 3 is 2.63 bits per heavy atom. The average molecular weight is 268 g/mol. The van der Waals surface area contributed by atoms with Gasteiger partial charge in [0.15, 0.2) is 0 Å². The quantitative estimate of drug-likeness (QED) is 0.800. The Morgan fingerprint density at radius 2 is 2.16 bits per heavy atom. The van der Waals surface area contributed by atoms with Crippen molar-refractivity contribution < 1.29 is 9.53 Å². The lowest BCUT2D eigenvalue weighted by Gasteiger charge is -2.52. The highest BCUT2D eigenvalue weighted by molar-refractivity contribution is 5.87. The first-order valence-electron chi connectivity index (χ1n) is 7.64. The molecule has 1 heterocycles. The van der Waals surface area contributed by atoms with Gasteiger partial charge in [-0.05, 0) is 39.2 Å². The van der Waals surface area contributed by atoms with Gasteiger partial charge >= 0.3 is 0 Å². The Labute approximate surface area is 116 Å². The summed E-state index contributed by atoms with van der Waals surface area (Å²) < 4.78 is 5.71. The van der Waals surface area contributed by atoms with Crippen molar-refractivity contribution in [3.63, 3.8) is 0 Å². The summed E-state index contributed by atoms with van der Waals surface area (Å²) in [6, 6.07) is 0.238. The molecule has 2 fully saturated rings. The molecule has 19 heavy (non-hydrogen) atoms. The maximum atomic E-state index is 12.5. The second kappa shape index (κ2) is 5.41. The Bertz CT molecular complexity index is 335. The molecule has 0 aromatic rings. The van der Waals surface area contributed by atoms with Crippen molar-refractivity contribution in [2.45, 2.75) is 71.1 Å². The smallest absolute Gasteiger partial charge is 0.240 e.